The number of hydrogen-bond donors (Lipinski definition) is 1. The molecule has 0 spiro atoms. The molecule has 3 heteroatoms. The Kier molecular flexibility index (Phi) is 2.88. The van der Waals surface area contributed by atoms with E-state index in [4.69, 9.17) is 4.98 Å². The van der Waals surface area contributed by atoms with Gasteiger partial charge < -0.3 is 5.32 Å². The summed E-state index contributed by atoms with van der Waals surface area (Å²) in [4.78, 5) is 6.22. The summed E-state index contributed by atoms with van der Waals surface area (Å²) in [6.45, 7) is 4.44. The van der Waals surface area contributed by atoms with Crippen molar-refractivity contribution in [3.05, 3.63) is 15.6 Å². The van der Waals surface area contributed by atoms with Crippen molar-refractivity contribution in [1.82, 2.24) is 10.3 Å². The molecule has 2 nitrogen and oxygen atoms in total. The molecule has 0 aromatic carbocycles. The molecule has 0 bridgehead atoms. The zero-order chi connectivity index (χ0) is 10.1. The number of hydrogen-bond acceptors (Lipinski definition) is 3. The summed E-state index contributed by atoms with van der Waals surface area (Å²) in [6, 6.07) is 0.669. The molecule has 0 unspecified atom stereocenters. The third-order valence-corrected chi connectivity index (χ3v) is 4.28. The molecule has 1 heterocycles. The zero-order valence-electron chi connectivity index (χ0n) is 9.13. The molecule has 1 atom stereocenters. The first-order valence-electron chi connectivity index (χ1n) is 5.36. The minimum atomic E-state index is 0.582. The summed E-state index contributed by atoms with van der Waals surface area (Å²) in [5.74, 6) is 0.582. The molecule has 1 aliphatic carbocycles. The van der Waals surface area contributed by atoms with E-state index in [9.17, 15) is 0 Å². The molecule has 1 N–H and O–H groups in total. The highest BCUT2D eigenvalue weighted by atomic mass is 32.1. The number of aryl methyl sites for hydroxylation is 1. The van der Waals surface area contributed by atoms with Crippen molar-refractivity contribution >= 4 is 11.3 Å². The number of likely N-dealkylation sites (N-methyl/N-ethyl adjacent to an activating group) is 1. The summed E-state index contributed by atoms with van der Waals surface area (Å²) in [5, 5.41) is 4.67. The quantitative estimate of drug-likeness (QED) is 0.810. The van der Waals surface area contributed by atoms with Gasteiger partial charge in [0.2, 0.25) is 0 Å². The molecule has 0 saturated carbocycles. The van der Waals surface area contributed by atoms with Crippen LogP contribution in [0.5, 0.6) is 0 Å². The molecule has 1 aromatic heterocycles. The molecule has 0 amide bonds. The first kappa shape index (κ1) is 10.1. The maximum Gasteiger partial charge on any atom is 0.0956 e. The Hall–Kier alpha value is -0.410. The average molecular weight is 210 g/mol. The summed E-state index contributed by atoms with van der Waals surface area (Å²) >= 11 is 1.91. The van der Waals surface area contributed by atoms with E-state index in [1.807, 2.05) is 11.3 Å². The highest BCUT2D eigenvalue weighted by molar-refractivity contribution is 7.11. The van der Waals surface area contributed by atoms with Gasteiger partial charge in [0.05, 0.1) is 10.7 Å². The molecule has 14 heavy (non-hydrogen) atoms. The minimum Gasteiger partial charge on any atom is -0.317 e. The summed E-state index contributed by atoms with van der Waals surface area (Å²) in [6.07, 6.45) is 3.57. The van der Waals surface area contributed by atoms with Gasteiger partial charge in [-0.1, -0.05) is 13.8 Å². The number of nitrogens with zero attached hydrogens (tertiary/aromatic N) is 1. The van der Waals surface area contributed by atoms with Gasteiger partial charge in [-0.25, -0.2) is 4.98 Å². The van der Waals surface area contributed by atoms with Gasteiger partial charge in [-0.2, -0.15) is 0 Å². The molecule has 2 rings (SSSR count). The van der Waals surface area contributed by atoms with Gasteiger partial charge in [0, 0.05) is 16.8 Å². The van der Waals surface area contributed by atoms with Crippen LogP contribution < -0.4 is 5.32 Å². The third-order valence-electron chi connectivity index (χ3n) is 2.86. The number of aromatic nitrogens is 1. The topological polar surface area (TPSA) is 24.9 Å². The first-order valence-corrected chi connectivity index (χ1v) is 6.18. The van der Waals surface area contributed by atoms with Crippen LogP contribution >= 0.6 is 11.3 Å². The van der Waals surface area contributed by atoms with E-state index in [0.29, 0.717) is 12.0 Å². The zero-order valence-corrected chi connectivity index (χ0v) is 9.95. The van der Waals surface area contributed by atoms with Gasteiger partial charge in [-0.15, -0.1) is 11.3 Å². The third kappa shape index (κ3) is 1.84. The Morgan fingerprint density at radius 1 is 1.50 bits per heavy atom. The second-order valence-corrected chi connectivity index (χ2v) is 5.42. The molecule has 1 aromatic rings. The van der Waals surface area contributed by atoms with Crippen LogP contribution in [0.25, 0.3) is 0 Å². The van der Waals surface area contributed by atoms with E-state index in [0.717, 1.165) is 6.42 Å². The van der Waals surface area contributed by atoms with E-state index in [2.05, 4.69) is 26.2 Å². The summed E-state index contributed by atoms with van der Waals surface area (Å²) < 4.78 is 0. The van der Waals surface area contributed by atoms with Crippen LogP contribution in [0.3, 0.4) is 0 Å². The molecule has 0 radical (unpaired) electrons. The standard InChI is InChI=1S/C11H18N2S/c1-7(2)11-13-9-5-4-8(12-3)6-10(9)14-11/h7-8,12H,4-6H2,1-3H3/t8-/m1/s1. The van der Waals surface area contributed by atoms with Gasteiger partial charge in [-0.05, 0) is 26.3 Å². The fourth-order valence-electron chi connectivity index (χ4n) is 1.89. The lowest BCUT2D eigenvalue weighted by Gasteiger charge is -2.19. The number of nitrogens with one attached hydrogen (secondary N) is 1. The van der Waals surface area contributed by atoms with Gasteiger partial charge in [0.15, 0.2) is 0 Å². The van der Waals surface area contributed by atoms with Gasteiger partial charge in [0.25, 0.3) is 0 Å². The predicted octanol–water partition coefficient (Wildman–Crippen LogP) is 2.34. The minimum absolute atomic E-state index is 0.582. The molecule has 0 aliphatic heterocycles. The Balaban J connectivity index is 2.21. The molecule has 1 aliphatic rings. The van der Waals surface area contributed by atoms with E-state index in [1.165, 1.54) is 28.4 Å². The normalized spacial score (nSPS) is 21.3. The Morgan fingerprint density at radius 3 is 2.93 bits per heavy atom. The molecule has 78 valence electrons. The summed E-state index contributed by atoms with van der Waals surface area (Å²) in [7, 11) is 2.06. The monoisotopic (exact) mass is 210 g/mol. The fourth-order valence-corrected chi connectivity index (χ4v) is 3.08. The van der Waals surface area contributed by atoms with Crippen LogP contribution in [-0.2, 0) is 12.8 Å². The lowest BCUT2D eigenvalue weighted by atomic mass is 9.98. The van der Waals surface area contributed by atoms with E-state index < -0.39 is 0 Å². The van der Waals surface area contributed by atoms with Crippen LogP contribution in [0.2, 0.25) is 0 Å². The number of thiazole rings is 1. The Labute approximate surface area is 89.8 Å². The maximum absolute atomic E-state index is 4.71. The van der Waals surface area contributed by atoms with Crippen molar-refractivity contribution in [1.29, 1.82) is 0 Å². The first-order chi connectivity index (χ1) is 6.70. The van der Waals surface area contributed by atoms with Crippen molar-refractivity contribution in [2.45, 2.75) is 45.1 Å². The molecular weight excluding hydrogens is 192 g/mol. The van der Waals surface area contributed by atoms with Crippen LogP contribution in [0.15, 0.2) is 0 Å². The van der Waals surface area contributed by atoms with Crippen molar-refractivity contribution in [2.75, 3.05) is 7.05 Å². The lowest BCUT2D eigenvalue weighted by Crippen LogP contribution is -2.30. The second-order valence-electron chi connectivity index (χ2n) is 4.31. The van der Waals surface area contributed by atoms with Crippen LogP contribution in [0, 0.1) is 0 Å². The average Bonchev–Trinajstić information content (AvgIpc) is 2.59. The van der Waals surface area contributed by atoms with E-state index in [-0.39, 0.29) is 0 Å². The van der Waals surface area contributed by atoms with Gasteiger partial charge in [0.1, 0.15) is 0 Å². The van der Waals surface area contributed by atoms with Gasteiger partial charge >= 0.3 is 0 Å². The fraction of sp³-hybridized carbons (Fsp3) is 0.727. The second kappa shape index (κ2) is 3.99. The summed E-state index contributed by atoms with van der Waals surface area (Å²) in [5.41, 5.74) is 1.37. The van der Waals surface area contributed by atoms with Crippen LogP contribution in [-0.4, -0.2) is 18.1 Å². The largest absolute Gasteiger partial charge is 0.317 e. The molecule has 0 fully saturated rings. The van der Waals surface area contributed by atoms with Crippen LogP contribution in [0.1, 0.15) is 41.8 Å². The lowest BCUT2D eigenvalue weighted by molar-refractivity contribution is 0.496. The highest BCUT2D eigenvalue weighted by Crippen LogP contribution is 2.30. The smallest absolute Gasteiger partial charge is 0.0956 e. The van der Waals surface area contributed by atoms with Crippen molar-refractivity contribution in [3.8, 4) is 0 Å². The number of fused-ring (bicyclic) bond motifs is 1. The highest BCUT2D eigenvalue weighted by Gasteiger charge is 2.21. The van der Waals surface area contributed by atoms with Crippen molar-refractivity contribution in [3.63, 3.8) is 0 Å². The van der Waals surface area contributed by atoms with E-state index >= 15 is 0 Å². The molecule has 0 saturated heterocycles. The van der Waals surface area contributed by atoms with E-state index in [1.54, 1.807) is 0 Å². The molecular formula is C11H18N2S. The van der Waals surface area contributed by atoms with Crippen molar-refractivity contribution < 1.29 is 0 Å². The maximum atomic E-state index is 4.71. The Morgan fingerprint density at radius 2 is 2.29 bits per heavy atom. The number of rotatable bonds is 2. The van der Waals surface area contributed by atoms with Gasteiger partial charge in [-0.3, -0.25) is 0 Å². The Bertz CT molecular complexity index is 317. The van der Waals surface area contributed by atoms with Crippen LogP contribution in [0.4, 0.5) is 0 Å². The van der Waals surface area contributed by atoms with Crippen molar-refractivity contribution in [2.24, 2.45) is 0 Å². The predicted molar refractivity (Wildman–Crippen MR) is 61.1 cm³/mol. The SMILES string of the molecule is CN[C@@H]1CCc2nc(C(C)C)sc2C1.